The molecule has 0 amide bonds. The Morgan fingerprint density at radius 3 is 2.44 bits per heavy atom. The van der Waals surface area contributed by atoms with Crippen molar-refractivity contribution in [3.05, 3.63) is 107 Å². The van der Waals surface area contributed by atoms with Gasteiger partial charge in [-0.2, -0.15) is 5.26 Å². The van der Waals surface area contributed by atoms with Gasteiger partial charge in [-0.3, -0.25) is 29.7 Å². The molecule has 0 fully saturated rings. The molecule has 3 aromatic rings. The summed E-state index contributed by atoms with van der Waals surface area (Å²) >= 11 is 0. The molecule has 0 spiro atoms. The van der Waals surface area contributed by atoms with Crippen LogP contribution in [0, 0.1) is 21.4 Å². The summed E-state index contributed by atoms with van der Waals surface area (Å²) in [4.78, 5) is 55.5. The lowest BCUT2D eigenvalue weighted by atomic mass is 9.96. The standard InChI is InChI=1S/C21H11N5O6/c22-9-14(18(27)10-4-2-1-3-5-10)16-12-7-6-11(26(31)32)8-13(12)17(23-16)15-19(28)24-21(30)25-20(15)29/h1-8H,(H3,24,25,28,29,30)/b16-14-. The zero-order valence-corrected chi connectivity index (χ0v) is 15.9. The number of nitro groups is 1. The number of aliphatic imine (C=N–C) groups is 1. The molecule has 0 bridgehead atoms. The average molecular weight is 429 g/mol. The molecule has 4 rings (SSSR count). The molecule has 2 heterocycles. The van der Waals surface area contributed by atoms with Crippen molar-refractivity contribution in [1.29, 1.82) is 5.26 Å². The number of rotatable bonds is 4. The highest BCUT2D eigenvalue weighted by molar-refractivity contribution is 6.25. The lowest BCUT2D eigenvalue weighted by Gasteiger charge is -2.05. The molecule has 0 radical (unpaired) electrons. The van der Waals surface area contributed by atoms with E-state index < -0.39 is 33.4 Å². The van der Waals surface area contributed by atoms with Crippen molar-refractivity contribution in [3.8, 4) is 11.9 Å². The molecule has 3 N–H and O–H groups in total. The van der Waals surface area contributed by atoms with Crippen molar-refractivity contribution in [2.45, 2.75) is 0 Å². The van der Waals surface area contributed by atoms with Crippen LogP contribution in [0.1, 0.15) is 27.0 Å². The molecule has 0 saturated heterocycles. The summed E-state index contributed by atoms with van der Waals surface area (Å²) in [6.07, 6.45) is 0. The highest BCUT2D eigenvalue weighted by Gasteiger charge is 2.32. The van der Waals surface area contributed by atoms with Crippen molar-refractivity contribution < 1.29 is 14.8 Å². The number of carbonyl (C=O) groups is 1. The first-order valence-electron chi connectivity index (χ1n) is 8.99. The van der Waals surface area contributed by atoms with Crippen LogP contribution >= 0.6 is 0 Å². The van der Waals surface area contributed by atoms with E-state index in [0.717, 1.165) is 12.1 Å². The van der Waals surface area contributed by atoms with Crippen LogP contribution in [-0.4, -0.2) is 31.5 Å². The van der Waals surface area contributed by atoms with Gasteiger partial charge in [-0.1, -0.05) is 30.3 Å². The minimum atomic E-state index is -1.00. The van der Waals surface area contributed by atoms with Crippen molar-refractivity contribution in [1.82, 2.24) is 9.97 Å². The van der Waals surface area contributed by atoms with Gasteiger partial charge in [-0.15, -0.1) is 0 Å². The number of aromatic hydroxyl groups is 1. The van der Waals surface area contributed by atoms with E-state index in [0.29, 0.717) is 0 Å². The fourth-order valence-electron chi connectivity index (χ4n) is 3.30. The first-order valence-corrected chi connectivity index (χ1v) is 8.99. The van der Waals surface area contributed by atoms with Crippen molar-refractivity contribution in [2.24, 2.45) is 4.99 Å². The average Bonchev–Trinajstić information content (AvgIpc) is 3.12. The van der Waals surface area contributed by atoms with E-state index in [-0.39, 0.29) is 39.4 Å². The fourth-order valence-corrected chi connectivity index (χ4v) is 3.30. The van der Waals surface area contributed by atoms with E-state index in [2.05, 4.69) is 4.99 Å². The Kier molecular flexibility index (Phi) is 4.80. The predicted octanol–water partition coefficient (Wildman–Crippen LogP) is 1.65. The van der Waals surface area contributed by atoms with Gasteiger partial charge in [0.1, 0.15) is 17.2 Å². The maximum Gasteiger partial charge on any atom is 0.328 e. The summed E-state index contributed by atoms with van der Waals surface area (Å²) in [5.74, 6) is -1.46. The van der Waals surface area contributed by atoms with Crippen LogP contribution in [0.4, 0.5) is 5.69 Å². The third-order valence-corrected chi connectivity index (χ3v) is 4.72. The van der Waals surface area contributed by atoms with Crippen LogP contribution < -0.4 is 11.2 Å². The molecule has 0 atom stereocenters. The monoisotopic (exact) mass is 429 g/mol. The Labute approximate surface area is 177 Å². The van der Waals surface area contributed by atoms with Crippen LogP contribution in [0.25, 0.3) is 5.70 Å². The lowest BCUT2D eigenvalue weighted by Crippen LogP contribution is -2.27. The summed E-state index contributed by atoms with van der Waals surface area (Å²) in [6, 6.07) is 13.3. The SMILES string of the molecule is N#C/C(C(=O)c1ccccc1)=C1/N=C(c2c(O)[nH]c(=O)[nH]c2=O)c2cc([N+](=O)[O-])ccc21. The summed E-state index contributed by atoms with van der Waals surface area (Å²) in [6.45, 7) is 0. The maximum atomic E-state index is 12.9. The van der Waals surface area contributed by atoms with Gasteiger partial charge >= 0.3 is 5.69 Å². The molecule has 32 heavy (non-hydrogen) atoms. The number of allylic oxidation sites excluding steroid dienone is 1. The van der Waals surface area contributed by atoms with Crippen molar-refractivity contribution in [3.63, 3.8) is 0 Å². The first kappa shape index (κ1) is 20.2. The number of aromatic nitrogens is 2. The minimum Gasteiger partial charge on any atom is -0.494 e. The Balaban J connectivity index is 2.04. The zero-order valence-electron chi connectivity index (χ0n) is 15.9. The number of fused-ring (bicyclic) bond motifs is 1. The second-order valence-corrected chi connectivity index (χ2v) is 6.61. The van der Waals surface area contributed by atoms with E-state index in [4.69, 9.17) is 0 Å². The number of nitro benzene ring substituents is 1. The van der Waals surface area contributed by atoms with Gasteiger partial charge in [-0.25, -0.2) is 9.79 Å². The summed E-state index contributed by atoms with van der Waals surface area (Å²) < 4.78 is 0. The Bertz CT molecular complexity index is 1520. The van der Waals surface area contributed by atoms with Crippen LogP contribution in [0.2, 0.25) is 0 Å². The molecule has 0 aliphatic carbocycles. The number of H-pyrrole nitrogens is 2. The summed E-state index contributed by atoms with van der Waals surface area (Å²) in [5, 5.41) is 31.2. The number of hydrogen-bond acceptors (Lipinski definition) is 8. The Morgan fingerprint density at radius 1 is 1.09 bits per heavy atom. The number of benzene rings is 2. The number of carbonyl (C=O) groups excluding carboxylic acids is 1. The number of Topliss-reactive ketones (excluding diaryl/α,β-unsaturated/α-hetero) is 1. The fraction of sp³-hybridized carbons (Fsp3) is 0. The molecule has 1 aliphatic rings. The second-order valence-electron chi connectivity index (χ2n) is 6.61. The maximum absolute atomic E-state index is 12.9. The quantitative estimate of drug-likeness (QED) is 0.185. The molecule has 2 aromatic carbocycles. The Hall–Kier alpha value is -5.11. The summed E-state index contributed by atoms with van der Waals surface area (Å²) in [5.41, 5.74) is -3.06. The van der Waals surface area contributed by atoms with Gasteiger partial charge in [0.25, 0.3) is 11.2 Å². The molecule has 1 aliphatic heterocycles. The number of nitriles is 1. The van der Waals surface area contributed by atoms with Crippen molar-refractivity contribution >= 4 is 22.9 Å². The van der Waals surface area contributed by atoms with E-state index >= 15 is 0 Å². The molecule has 11 nitrogen and oxygen atoms in total. The van der Waals surface area contributed by atoms with Crippen LogP contribution in [0.5, 0.6) is 5.88 Å². The van der Waals surface area contributed by atoms with E-state index in [1.165, 1.54) is 18.2 Å². The van der Waals surface area contributed by atoms with E-state index in [1.54, 1.807) is 18.2 Å². The highest BCUT2D eigenvalue weighted by Crippen LogP contribution is 2.36. The van der Waals surface area contributed by atoms with Crippen LogP contribution in [0.15, 0.2) is 68.7 Å². The van der Waals surface area contributed by atoms with Gasteiger partial charge in [0.05, 0.1) is 16.3 Å². The molecule has 0 saturated carbocycles. The number of hydrogen-bond donors (Lipinski definition) is 3. The van der Waals surface area contributed by atoms with Gasteiger partial charge in [0.2, 0.25) is 11.7 Å². The number of ketones is 1. The second kappa shape index (κ2) is 7.62. The Morgan fingerprint density at radius 2 is 1.81 bits per heavy atom. The third-order valence-electron chi connectivity index (χ3n) is 4.72. The van der Waals surface area contributed by atoms with Crippen LogP contribution in [0.3, 0.4) is 0 Å². The molecule has 156 valence electrons. The van der Waals surface area contributed by atoms with E-state index in [9.17, 15) is 34.9 Å². The first-order chi connectivity index (χ1) is 15.3. The number of nitrogens with zero attached hydrogens (tertiary/aromatic N) is 3. The zero-order chi connectivity index (χ0) is 23.0. The number of non-ortho nitro benzene ring substituents is 1. The van der Waals surface area contributed by atoms with Crippen molar-refractivity contribution in [2.75, 3.05) is 0 Å². The van der Waals surface area contributed by atoms with Gasteiger partial charge in [0.15, 0.2) is 0 Å². The molecular weight excluding hydrogens is 418 g/mol. The van der Waals surface area contributed by atoms with E-state index in [1.807, 2.05) is 16.0 Å². The topological polar surface area (TPSA) is 182 Å². The number of nitrogens with one attached hydrogen (secondary N) is 2. The van der Waals surface area contributed by atoms with Crippen LogP contribution in [-0.2, 0) is 0 Å². The highest BCUT2D eigenvalue weighted by atomic mass is 16.6. The van der Waals surface area contributed by atoms with Gasteiger partial charge in [0, 0.05) is 28.8 Å². The molecule has 0 unspecified atom stereocenters. The minimum absolute atomic E-state index is 0.0376. The molecule has 11 heteroatoms. The van der Waals surface area contributed by atoms with Gasteiger partial charge < -0.3 is 5.11 Å². The molecular formula is C21H11N5O6. The third kappa shape index (κ3) is 3.27. The largest absolute Gasteiger partial charge is 0.494 e. The molecule has 1 aromatic heterocycles. The lowest BCUT2D eigenvalue weighted by molar-refractivity contribution is -0.384. The summed E-state index contributed by atoms with van der Waals surface area (Å²) in [7, 11) is 0. The predicted molar refractivity (Wildman–Crippen MR) is 111 cm³/mol. The number of aromatic amines is 2. The smallest absolute Gasteiger partial charge is 0.328 e. The normalized spacial score (nSPS) is 13.7. The van der Waals surface area contributed by atoms with Gasteiger partial charge in [-0.05, 0) is 6.07 Å².